The van der Waals surface area contributed by atoms with Gasteiger partial charge in [-0.05, 0) is 6.07 Å². The van der Waals surface area contributed by atoms with Crippen LogP contribution in [0.15, 0.2) is 42.9 Å². The lowest BCUT2D eigenvalue weighted by Crippen LogP contribution is -2.25. The smallest absolute Gasteiger partial charge is 0.410 e. The zero-order valence-corrected chi connectivity index (χ0v) is 11.9. The number of benzene rings is 1. The van der Waals surface area contributed by atoms with Crippen molar-refractivity contribution in [2.45, 2.75) is 6.10 Å². The van der Waals surface area contributed by atoms with Crippen molar-refractivity contribution in [2.75, 3.05) is 14.1 Å². The molecule has 0 aliphatic carbocycles. The lowest BCUT2D eigenvalue weighted by atomic mass is 10.1. The lowest BCUT2D eigenvalue weighted by molar-refractivity contribution is 0.0892. The molecule has 104 valence electrons. The summed E-state index contributed by atoms with van der Waals surface area (Å²) >= 11 is 6.18. The fourth-order valence-electron chi connectivity index (χ4n) is 1.62. The molecule has 1 atom stereocenters. The topological polar surface area (TPSA) is 55.3 Å². The van der Waals surface area contributed by atoms with Gasteiger partial charge in [0.25, 0.3) is 0 Å². The number of aromatic nitrogens is 2. The number of halogens is 1. The van der Waals surface area contributed by atoms with Crippen molar-refractivity contribution in [1.82, 2.24) is 14.9 Å². The molecule has 1 aromatic carbocycles. The highest BCUT2D eigenvalue weighted by Crippen LogP contribution is 2.30. The van der Waals surface area contributed by atoms with Crippen LogP contribution in [-0.4, -0.2) is 35.1 Å². The number of carbonyl (C=O) groups is 1. The third kappa shape index (κ3) is 3.24. The highest BCUT2D eigenvalue weighted by Gasteiger charge is 2.23. The van der Waals surface area contributed by atoms with Gasteiger partial charge in [0, 0.05) is 37.1 Å². The molecular weight excluding hydrogens is 278 g/mol. The van der Waals surface area contributed by atoms with Crippen LogP contribution in [0.3, 0.4) is 0 Å². The minimum atomic E-state index is -0.688. The second-order valence-corrected chi connectivity index (χ2v) is 4.72. The number of carbonyl (C=O) groups excluding carboxylic acids is 1. The van der Waals surface area contributed by atoms with Crippen LogP contribution in [-0.2, 0) is 4.74 Å². The van der Waals surface area contributed by atoms with Gasteiger partial charge in [0.15, 0.2) is 6.10 Å². The normalized spacial score (nSPS) is 11.8. The largest absolute Gasteiger partial charge is 0.435 e. The van der Waals surface area contributed by atoms with E-state index in [0.29, 0.717) is 16.3 Å². The first-order valence-corrected chi connectivity index (χ1v) is 6.35. The number of nitrogens with zero attached hydrogens (tertiary/aromatic N) is 3. The van der Waals surface area contributed by atoms with Gasteiger partial charge in [-0.3, -0.25) is 9.97 Å². The molecule has 1 unspecified atom stereocenters. The molecular formula is C14H14ClN3O2. The van der Waals surface area contributed by atoms with Crippen LogP contribution in [0.2, 0.25) is 5.02 Å². The maximum atomic E-state index is 11.8. The number of ether oxygens (including phenoxy) is 1. The number of hydrogen-bond acceptors (Lipinski definition) is 4. The Morgan fingerprint density at radius 2 is 2.05 bits per heavy atom. The van der Waals surface area contributed by atoms with Gasteiger partial charge in [-0.1, -0.05) is 29.8 Å². The maximum Gasteiger partial charge on any atom is 0.410 e. The highest BCUT2D eigenvalue weighted by molar-refractivity contribution is 6.31. The van der Waals surface area contributed by atoms with Crippen LogP contribution in [0.1, 0.15) is 17.4 Å². The Balaban J connectivity index is 2.40. The summed E-state index contributed by atoms with van der Waals surface area (Å²) in [5, 5.41) is 0.509. The first-order chi connectivity index (χ1) is 9.59. The molecule has 0 bridgehead atoms. The molecule has 0 N–H and O–H groups in total. The Labute approximate surface area is 122 Å². The molecule has 0 fully saturated rings. The quantitative estimate of drug-likeness (QED) is 0.872. The van der Waals surface area contributed by atoms with Crippen LogP contribution < -0.4 is 0 Å². The van der Waals surface area contributed by atoms with Gasteiger partial charge >= 0.3 is 6.09 Å². The summed E-state index contributed by atoms with van der Waals surface area (Å²) in [6.45, 7) is 0. The van der Waals surface area contributed by atoms with Gasteiger partial charge in [0.2, 0.25) is 0 Å². The van der Waals surface area contributed by atoms with E-state index < -0.39 is 12.2 Å². The first kappa shape index (κ1) is 14.3. The van der Waals surface area contributed by atoms with E-state index in [0.717, 1.165) is 0 Å². The van der Waals surface area contributed by atoms with E-state index in [1.165, 1.54) is 4.90 Å². The number of amides is 1. The monoisotopic (exact) mass is 291 g/mol. The summed E-state index contributed by atoms with van der Waals surface area (Å²) in [7, 11) is 3.23. The predicted molar refractivity (Wildman–Crippen MR) is 75.5 cm³/mol. The highest BCUT2D eigenvalue weighted by atomic mass is 35.5. The molecule has 0 saturated heterocycles. The van der Waals surface area contributed by atoms with Crippen molar-refractivity contribution < 1.29 is 9.53 Å². The van der Waals surface area contributed by atoms with Crippen molar-refractivity contribution in [3.63, 3.8) is 0 Å². The van der Waals surface area contributed by atoms with Crippen molar-refractivity contribution in [3.8, 4) is 0 Å². The van der Waals surface area contributed by atoms with E-state index in [1.807, 2.05) is 12.1 Å². The summed E-state index contributed by atoms with van der Waals surface area (Å²) < 4.78 is 5.46. The van der Waals surface area contributed by atoms with Gasteiger partial charge in [0.1, 0.15) is 5.69 Å². The first-order valence-electron chi connectivity index (χ1n) is 5.98. The Bertz CT molecular complexity index is 590. The Morgan fingerprint density at radius 1 is 1.30 bits per heavy atom. The van der Waals surface area contributed by atoms with E-state index >= 15 is 0 Å². The SMILES string of the molecule is CN(C)C(=O)OC(c1cnccn1)c1ccccc1Cl. The summed E-state index contributed by atoms with van der Waals surface area (Å²) in [6, 6.07) is 7.18. The fraction of sp³-hybridized carbons (Fsp3) is 0.214. The van der Waals surface area contributed by atoms with Crippen molar-refractivity contribution >= 4 is 17.7 Å². The average Bonchev–Trinajstić information content (AvgIpc) is 2.46. The maximum absolute atomic E-state index is 11.8. The summed E-state index contributed by atoms with van der Waals surface area (Å²) in [6.07, 6.45) is 3.49. The standard InChI is InChI=1S/C14H14ClN3O2/c1-18(2)14(19)20-13(12-9-16-7-8-17-12)10-5-3-4-6-11(10)15/h3-9,13H,1-2H3. The average molecular weight is 292 g/mol. The van der Waals surface area contributed by atoms with E-state index in [2.05, 4.69) is 9.97 Å². The second-order valence-electron chi connectivity index (χ2n) is 4.31. The summed E-state index contributed by atoms with van der Waals surface area (Å²) in [5.41, 5.74) is 1.20. The van der Waals surface area contributed by atoms with Gasteiger partial charge in [-0.25, -0.2) is 4.79 Å². The number of rotatable bonds is 3. The molecule has 2 aromatic rings. The molecule has 0 aliphatic rings. The van der Waals surface area contributed by atoms with Crippen LogP contribution in [0.25, 0.3) is 0 Å². The molecule has 1 amide bonds. The van der Waals surface area contributed by atoms with Crippen LogP contribution >= 0.6 is 11.6 Å². The van der Waals surface area contributed by atoms with Crippen LogP contribution in [0.5, 0.6) is 0 Å². The fourth-order valence-corrected chi connectivity index (χ4v) is 1.86. The van der Waals surface area contributed by atoms with Gasteiger partial charge in [-0.15, -0.1) is 0 Å². The second kappa shape index (κ2) is 6.34. The third-order valence-electron chi connectivity index (χ3n) is 2.62. The number of hydrogen-bond donors (Lipinski definition) is 0. The molecule has 20 heavy (non-hydrogen) atoms. The molecule has 5 nitrogen and oxygen atoms in total. The molecule has 1 aromatic heterocycles. The van der Waals surface area contributed by atoms with Crippen molar-refractivity contribution in [3.05, 3.63) is 59.1 Å². The minimum absolute atomic E-state index is 0.472. The molecule has 2 rings (SSSR count). The van der Waals surface area contributed by atoms with Gasteiger partial charge in [-0.2, -0.15) is 0 Å². The van der Waals surface area contributed by atoms with Gasteiger partial charge in [0.05, 0.1) is 6.20 Å². The van der Waals surface area contributed by atoms with Crippen molar-refractivity contribution in [2.24, 2.45) is 0 Å². The molecule has 6 heteroatoms. The molecule has 0 spiro atoms. The lowest BCUT2D eigenvalue weighted by Gasteiger charge is -2.20. The van der Waals surface area contributed by atoms with Crippen molar-refractivity contribution in [1.29, 1.82) is 0 Å². The Kier molecular flexibility index (Phi) is 4.53. The van der Waals surface area contributed by atoms with E-state index in [9.17, 15) is 4.79 Å². The summed E-state index contributed by atoms with van der Waals surface area (Å²) in [5.74, 6) is 0. The van der Waals surface area contributed by atoms with E-state index in [-0.39, 0.29) is 0 Å². The predicted octanol–water partition coefficient (Wildman–Crippen LogP) is 2.92. The Morgan fingerprint density at radius 3 is 2.65 bits per heavy atom. The summed E-state index contributed by atoms with van der Waals surface area (Å²) in [4.78, 5) is 21.4. The molecule has 0 saturated carbocycles. The zero-order valence-electron chi connectivity index (χ0n) is 11.2. The van der Waals surface area contributed by atoms with E-state index in [4.69, 9.17) is 16.3 Å². The van der Waals surface area contributed by atoms with Crippen LogP contribution in [0.4, 0.5) is 4.79 Å². The Hall–Kier alpha value is -2.14. The molecule has 1 heterocycles. The third-order valence-corrected chi connectivity index (χ3v) is 2.97. The zero-order chi connectivity index (χ0) is 14.5. The molecule has 0 radical (unpaired) electrons. The van der Waals surface area contributed by atoms with Gasteiger partial charge < -0.3 is 9.64 Å². The molecule has 0 aliphatic heterocycles. The minimum Gasteiger partial charge on any atom is -0.435 e. The van der Waals surface area contributed by atoms with Crippen LogP contribution in [0, 0.1) is 0 Å². The van der Waals surface area contributed by atoms with E-state index in [1.54, 1.807) is 44.8 Å².